The second-order valence-electron chi connectivity index (χ2n) is 20.1. The highest BCUT2D eigenvalue weighted by atomic mass is 32.1. The topological polar surface area (TPSA) is 96.1 Å². The maximum absolute atomic E-state index is 9.86. The van der Waals surface area contributed by atoms with Crippen molar-refractivity contribution in [3.8, 4) is 79.9 Å². The lowest BCUT2D eigenvalue weighted by molar-refractivity contribution is 1.07. The summed E-state index contributed by atoms with van der Waals surface area (Å²) in [4.78, 5) is 16.1. The number of benzene rings is 11. The Kier molecular flexibility index (Phi) is 10.3. The van der Waals surface area contributed by atoms with Gasteiger partial charge in [-0.3, -0.25) is 0 Å². The first-order chi connectivity index (χ1) is 39.6. The molecule has 0 fully saturated rings. The smallest absolute Gasteiger partial charge is 0.164 e. The molecule has 7 nitrogen and oxygen atoms in total. The van der Waals surface area contributed by atoms with Gasteiger partial charge in [0.1, 0.15) is 0 Å². The number of nitriles is 2. The number of nitrogens with zero attached hydrogens (tertiary/aromatic N) is 7. The SMILES string of the molecule is N#Cc1ccc(-c2ccc(-c3nc(-c4ccccc4)nc(-c4ccc(-c5ccc(C#N)cc5)c(-n5c6ccccc6c6c7sc8ccccc8c7ccc65)c4)n3)cc2-n2c3ccccc3c3c4sc5ccccc5c4ccc32)cc1. The molecule has 370 valence electrons. The van der Waals surface area contributed by atoms with E-state index in [4.69, 9.17) is 15.0 Å². The molecule has 9 heteroatoms. The van der Waals surface area contributed by atoms with Gasteiger partial charge in [-0.2, -0.15) is 10.5 Å². The highest BCUT2D eigenvalue weighted by molar-refractivity contribution is 7.27. The summed E-state index contributed by atoms with van der Waals surface area (Å²) in [5, 5.41) is 29.5. The van der Waals surface area contributed by atoms with Gasteiger partial charge >= 0.3 is 0 Å². The van der Waals surface area contributed by atoms with Gasteiger partial charge in [0.05, 0.1) is 56.7 Å². The molecule has 0 bridgehead atoms. The maximum Gasteiger partial charge on any atom is 0.164 e. The van der Waals surface area contributed by atoms with Crippen LogP contribution in [0.25, 0.3) is 152 Å². The minimum absolute atomic E-state index is 0.524. The molecule has 16 rings (SSSR count). The van der Waals surface area contributed by atoms with Crippen molar-refractivity contribution in [2.75, 3.05) is 0 Å². The summed E-state index contributed by atoms with van der Waals surface area (Å²) in [6, 6.07) is 87.1. The molecule has 5 aromatic heterocycles. The molecule has 0 amide bonds. The van der Waals surface area contributed by atoms with Crippen LogP contribution in [0.3, 0.4) is 0 Å². The average Bonchev–Trinajstić information content (AvgIpc) is 4.34. The van der Waals surface area contributed by atoms with Crippen LogP contribution in [0, 0.1) is 22.7 Å². The Labute approximate surface area is 466 Å². The summed E-state index contributed by atoms with van der Waals surface area (Å²) in [5.41, 5.74) is 13.9. The van der Waals surface area contributed by atoms with E-state index >= 15 is 0 Å². The predicted octanol–water partition coefficient (Wildman–Crippen LogP) is 18.9. The fourth-order valence-corrected chi connectivity index (χ4v) is 14.5. The van der Waals surface area contributed by atoms with Crippen LogP contribution in [0.5, 0.6) is 0 Å². The monoisotopic (exact) mass is 1050 g/mol. The molecule has 0 aliphatic rings. The molecule has 80 heavy (non-hydrogen) atoms. The van der Waals surface area contributed by atoms with Gasteiger partial charge in [-0.05, 0) is 83.9 Å². The average molecular weight is 1050 g/mol. The minimum Gasteiger partial charge on any atom is -0.309 e. The molecular formula is C71H39N7S2. The Bertz CT molecular complexity index is 5010. The van der Waals surface area contributed by atoms with Gasteiger partial charge in [0.15, 0.2) is 17.5 Å². The number of fused-ring (bicyclic) bond motifs is 14. The fourth-order valence-electron chi connectivity index (χ4n) is 12.0. The molecule has 16 aromatic rings. The van der Waals surface area contributed by atoms with Gasteiger partial charge in [0.2, 0.25) is 0 Å². The van der Waals surface area contributed by atoms with Gasteiger partial charge in [0, 0.05) is 89.7 Å². The zero-order valence-corrected chi connectivity index (χ0v) is 44.1. The summed E-state index contributed by atoms with van der Waals surface area (Å²) < 4.78 is 9.79. The van der Waals surface area contributed by atoms with Gasteiger partial charge in [-0.1, -0.05) is 164 Å². The van der Waals surface area contributed by atoms with E-state index in [0.717, 1.165) is 72.4 Å². The van der Waals surface area contributed by atoms with Crippen LogP contribution >= 0.6 is 22.7 Å². The lowest BCUT2D eigenvalue weighted by atomic mass is 9.99. The molecule has 0 radical (unpaired) electrons. The molecule has 0 atom stereocenters. The van der Waals surface area contributed by atoms with E-state index in [1.165, 1.54) is 61.9 Å². The lowest BCUT2D eigenvalue weighted by Crippen LogP contribution is -2.03. The van der Waals surface area contributed by atoms with Gasteiger partial charge in [-0.25, -0.2) is 15.0 Å². The Morgan fingerprint density at radius 2 is 0.700 bits per heavy atom. The molecular weight excluding hydrogens is 1010 g/mol. The van der Waals surface area contributed by atoms with Crippen molar-refractivity contribution in [2.24, 2.45) is 0 Å². The van der Waals surface area contributed by atoms with Crippen molar-refractivity contribution < 1.29 is 0 Å². The van der Waals surface area contributed by atoms with E-state index < -0.39 is 0 Å². The Balaban J connectivity index is 0.944. The van der Waals surface area contributed by atoms with Gasteiger partial charge in [0.25, 0.3) is 0 Å². The molecule has 5 heterocycles. The summed E-state index contributed by atoms with van der Waals surface area (Å²) in [6.07, 6.45) is 0. The van der Waals surface area contributed by atoms with E-state index in [2.05, 4.69) is 179 Å². The Hall–Kier alpha value is -10.6. The van der Waals surface area contributed by atoms with Crippen LogP contribution in [-0.4, -0.2) is 24.1 Å². The summed E-state index contributed by atoms with van der Waals surface area (Å²) >= 11 is 3.67. The van der Waals surface area contributed by atoms with Crippen LogP contribution in [-0.2, 0) is 0 Å². The van der Waals surface area contributed by atoms with Crippen molar-refractivity contribution >= 4 is 107 Å². The molecule has 0 aliphatic carbocycles. The highest BCUT2D eigenvalue weighted by Gasteiger charge is 2.24. The second kappa shape index (κ2) is 18.0. The van der Waals surface area contributed by atoms with Crippen molar-refractivity contribution in [2.45, 2.75) is 0 Å². The summed E-state index contributed by atoms with van der Waals surface area (Å²) in [7, 11) is 0. The summed E-state index contributed by atoms with van der Waals surface area (Å²) in [5.74, 6) is 1.60. The van der Waals surface area contributed by atoms with Crippen LogP contribution < -0.4 is 0 Å². The number of para-hydroxylation sites is 2. The zero-order chi connectivity index (χ0) is 53.0. The predicted molar refractivity (Wildman–Crippen MR) is 331 cm³/mol. The Morgan fingerprint density at radius 3 is 1.15 bits per heavy atom. The minimum atomic E-state index is 0.524. The molecule has 0 spiro atoms. The third-order valence-electron chi connectivity index (χ3n) is 15.7. The van der Waals surface area contributed by atoms with Crippen molar-refractivity contribution in [3.63, 3.8) is 0 Å². The molecule has 0 unspecified atom stereocenters. The largest absolute Gasteiger partial charge is 0.309 e. The van der Waals surface area contributed by atoms with Crippen LogP contribution in [0.1, 0.15) is 11.1 Å². The third-order valence-corrected chi connectivity index (χ3v) is 18.1. The number of hydrogen-bond donors (Lipinski definition) is 0. The molecule has 0 saturated heterocycles. The molecule has 0 saturated carbocycles. The number of hydrogen-bond acceptors (Lipinski definition) is 7. The lowest BCUT2D eigenvalue weighted by Gasteiger charge is -2.17. The second-order valence-corrected chi connectivity index (χ2v) is 22.2. The number of rotatable bonds is 7. The van der Waals surface area contributed by atoms with Crippen LogP contribution in [0.2, 0.25) is 0 Å². The summed E-state index contributed by atoms with van der Waals surface area (Å²) in [6.45, 7) is 0. The van der Waals surface area contributed by atoms with Crippen LogP contribution in [0.4, 0.5) is 0 Å². The number of thiophene rings is 2. The van der Waals surface area contributed by atoms with Crippen molar-refractivity contribution in [3.05, 3.63) is 248 Å². The standard InChI is InChI=1S/C71H39N7S2/c72-40-42-22-26-44(27-23-42)49-32-30-47(38-61(49)77-57-18-8-4-16-55(57)65-59(77)36-34-53-51-14-6-10-20-63(51)79-67(53)65)70-74-69(46-12-2-1-3-13-46)75-71(76-70)48-31-33-50(45-28-24-43(41-73)25-29-45)62(39-48)78-58-19-9-5-17-56(58)66-60(78)37-35-54-52-15-7-11-21-64(52)80-68(54)66/h1-39H. The van der Waals surface area contributed by atoms with Crippen LogP contribution in [0.15, 0.2) is 237 Å². The molecule has 0 N–H and O–H groups in total. The fraction of sp³-hybridized carbons (Fsp3) is 0. The van der Waals surface area contributed by atoms with Gasteiger partial charge in [-0.15, -0.1) is 22.7 Å². The quantitative estimate of drug-likeness (QED) is 0.158. The van der Waals surface area contributed by atoms with Crippen molar-refractivity contribution in [1.29, 1.82) is 10.5 Å². The van der Waals surface area contributed by atoms with E-state index in [1.54, 1.807) is 0 Å². The highest BCUT2D eigenvalue weighted by Crippen LogP contribution is 2.47. The Morgan fingerprint density at radius 1 is 0.312 bits per heavy atom. The zero-order valence-electron chi connectivity index (χ0n) is 42.5. The van der Waals surface area contributed by atoms with Crippen molar-refractivity contribution in [1.82, 2.24) is 24.1 Å². The molecule has 0 aliphatic heterocycles. The molecule has 11 aromatic carbocycles. The first-order valence-corrected chi connectivity index (χ1v) is 28.0. The number of aromatic nitrogens is 5. The van der Waals surface area contributed by atoms with E-state index in [-0.39, 0.29) is 0 Å². The first-order valence-electron chi connectivity index (χ1n) is 26.4. The normalized spacial score (nSPS) is 11.7. The third kappa shape index (κ3) is 7.06. The van der Waals surface area contributed by atoms with E-state index in [9.17, 15) is 10.5 Å². The first kappa shape index (κ1) is 45.6. The van der Waals surface area contributed by atoms with Gasteiger partial charge < -0.3 is 9.13 Å². The van der Waals surface area contributed by atoms with E-state index in [1.807, 2.05) is 102 Å². The van der Waals surface area contributed by atoms with E-state index in [0.29, 0.717) is 28.6 Å². The maximum atomic E-state index is 9.86.